The zero-order valence-electron chi connectivity index (χ0n) is 12.2. The Morgan fingerprint density at radius 1 is 1.11 bits per heavy atom. The molecule has 0 aliphatic rings. The second-order valence-electron chi connectivity index (χ2n) is 5.63. The van der Waals surface area contributed by atoms with Crippen LogP contribution in [0.2, 0.25) is 0 Å². The van der Waals surface area contributed by atoms with Crippen molar-refractivity contribution in [1.82, 2.24) is 0 Å². The topological polar surface area (TPSA) is 29.5 Å². The van der Waals surface area contributed by atoms with Crippen molar-refractivity contribution in [2.24, 2.45) is 5.92 Å². The first kappa shape index (κ1) is 15.2. The fourth-order valence-corrected chi connectivity index (χ4v) is 2.06. The summed E-state index contributed by atoms with van der Waals surface area (Å²) in [5.41, 5.74) is 3.40. The van der Waals surface area contributed by atoms with Gasteiger partial charge in [0.25, 0.3) is 0 Å². The Bertz CT molecular complexity index is 371. The fourth-order valence-electron chi connectivity index (χ4n) is 2.06. The molecule has 0 heterocycles. The molecule has 102 valence electrons. The van der Waals surface area contributed by atoms with Gasteiger partial charge in [-0.3, -0.25) is 0 Å². The van der Waals surface area contributed by atoms with Crippen LogP contribution >= 0.6 is 0 Å². The van der Waals surface area contributed by atoms with Gasteiger partial charge in [-0.05, 0) is 49.8 Å². The maximum absolute atomic E-state index is 10.1. The molecule has 0 saturated heterocycles. The Kier molecular flexibility index (Phi) is 5.83. The van der Waals surface area contributed by atoms with Gasteiger partial charge in [0, 0.05) is 0 Å². The molecule has 0 amide bonds. The zero-order valence-corrected chi connectivity index (χ0v) is 12.2. The van der Waals surface area contributed by atoms with E-state index in [4.69, 9.17) is 4.74 Å². The smallest absolute Gasteiger partial charge is 0.102 e. The monoisotopic (exact) mass is 250 g/mol. The Morgan fingerprint density at radius 2 is 1.78 bits per heavy atom. The molecule has 2 unspecified atom stereocenters. The van der Waals surface area contributed by atoms with E-state index in [0.29, 0.717) is 12.5 Å². The molecule has 1 aromatic carbocycles. The highest BCUT2D eigenvalue weighted by Gasteiger charge is 2.12. The minimum absolute atomic E-state index is 0.200. The van der Waals surface area contributed by atoms with E-state index in [-0.39, 0.29) is 6.10 Å². The number of aliphatic hydroxyl groups excluding tert-OH is 1. The second kappa shape index (κ2) is 6.91. The zero-order chi connectivity index (χ0) is 13.7. The minimum Gasteiger partial charge on any atom is -0.386 e. The SMILES string of the molecule is Cc1ccc(C(O)COC(C)CC(C)C)cc1C. The van der Waals surface area contributed by atoms with Crippen molar-refractivity contribution in [1.29, 1.82) is 0 Å². The van der Waals surface area contributed by atoms with Crippen LogP contribution in [0.1, 0.15) is 50.0 Å². The third-order valence-corrected chi connectivity index (χ3v) is 3.26. The number of aliphatic hydroxyl groups is 1. The third kappa shape index (κ3) is 4.79. The molecule has 1 N–H and O–H groups in total. The first-order valence-corrected chi connectivity index (χ1v) is 6.77. The van der Waals surface area contributed by atoms with Crippen molar-refractivity contribution in [3.63, 3.8) is 0 Å². The summed E-state index contributed by atoms with van der Waals surface area (Å²) in [5.74, 6) is 0.624. The molecule has 0 spiro atoms. The molecule has 1 aromatic rings. The number of aryl methyl sites for hydroxylation is 2. The van der Waals surface area contributed by atoms with E-state index in [9.17, 15) is 5.11 Å². The lowest BCUT2D eigenvalue weighted by atomic mass is 10.0. The van der Waals surface area contributed by atoms with Crippen molar-refractivity contribution in [2.75, 3.05) is 6.61 Å². The van der Waals surface area contributed by atoms with Gasteiger partial charge in [-0.15, -0.1) is 0 Å². The van der Waals surface area contributed by atoms with Crippen LogP contribution in [0.15, 0.2) is 18.2 Å². The number of rotatable bonds is 6. The number of ether oxygens (including phenoxy) is 1. The summed E-state index contributed by atoms with van der Waals surface area (Å²) >= 11 is 0. The van der Waals surface area contributed by atoms with Crippen molar-refractivity contribution in [3.8, 4) is 0 Å². The molecule has 0 fully saturated rings. The molecule has 0 aliphatic carbocycles. The summed E-state index contributed by atoms with van der Waals surface area (Å²) in [5, 5.41) is 10.1. The lowest BCUT2D eigenvalue weighted by Crippen LogP contribution is -2.16. The molecule has 2 nitrogen and oxygen atoms in total. The highest BCUT2D eigenvalue weighted by Crippen LogP contribution is 2.18. The third-order valence-electron chi connectivity index (χ3n) is 3.26. The summed E-state index contributed by atoms with van der Waals surface area (Å²) in [4.78, 5) is 0. The molecule has 18 heavy (non-hydrogen) atoms. The van der Waals surface area contributed by atoms with Crippen molar-refractivity contribution < 1.29 is 9.84 Å². The van der Waals surface area contributed by atoms with Gasteiger partial charge < -0.3 is 9.84 Å². The summed E-state index contributed by atoms with van der Waals surface area (Å²) in [6, 6.07) is 6.06. The summed E-state index contributed by atoms with van der Waals surface area (Å²) in [6.07, 6.45) is 0.699. The van der Waals surface area contributed by atoms with Crippen LogP contribution in [0.4, 0.5) is 0 Å². The summed E-state index contributed by atoms with van der Waals surface area (Å²) in [7, 11) is 0. The van der Waals surface area contributed by atoms with E-state index >= 15 is 0 Å². The van der Waals surface area contributed by atoms with Gasteiger partial charge in [-0.1, -0.05) is 32.0 Å². The van der Waals surface area contributed by atoms with Gasteiger partial charge >= 0.3 is 0 Å². The highest BCUT2D eigenvalue weighted by atomic mass is 16.5. The van der Waals surface area contributed by atoms with E-state index in [1.807, 2.05) is 18.2 Å². The Hall–Kier alpha value is -0.860. The van der Waals surface area contributed by atoms with Crippen LogP contribution in [0.5, 0.6) is 0 Å². The minimum atomic E-state index is -0.529. The van der Waals surface area contributed by atoms with Gasteiger partial charge in [-0.2, -0.15) is 0 Å². The maximum Gasteiger partial charge on any atom is 0.102 e. The van der Waals surface area contributed by atoms with E-state index in [1.165, 1.54) is 11.1 Å². The molecule has 0 aromatic heterocycles. The number of hydrogen-bond donors (Lipinski definition) is 1. The van der Waals surface area contributed by atoms with E-state index in [1.54, 1.807) is 0 Å². The molecule has 0 saturated carbocycles. The predicted molar refractivity (Wildman–Crippen MR) is 75.7 cm³/mol. The van der Waals surface area contributed by atoms with Crippen LogP contribution in [-0.2, 0) is 4.74 Å². The van der Waals surface area contributed by atoms with Gasteiger partial charge in [0.15, 0.2) is 0 Å². The van der Waals surface area contributed by atoms with Crippen molar-refractivity contribution in [2.45, 2.75) is 53.2 Å². The first-order valence-electron chi connectivity index (χ1n) is 6.77. The molecule has 0 radical (unpaired) electrons. The maximum atomic E-state index is 10.1. The fraction of sp³-hybridized carbons (Fsp3) is 0.625. The largest absolute Gasteiger partial charge is 0.386 e. The summed E-state index contributed by atoms with van der Waals surface area (Å²) in [6.45, 7) is 10.9. The summed E-state index contributed by atoms with van der Waals surface area (Å²) < 4.78 is 5.69. The quantitative estimate of drug-likeness (QED) is 0.832. The Balaban J connectivity index is 2.49. The molecule has 0 bridgehead atoms. The van der Waals surface area contributed by atoms with E-state index in [0.717, 1.165) is 12.0 Å². The molecular formula is C16H26O2. The standard InChI is InChI=1S/C16H26O2/c1-11(2)8-14(5)18-10-16(17)15-7-6-12(3)13(4)9-15/h6-7,9,11,14,16-17H,8,10H2,1-5H3. The first-order chi connectivity index (χ1) is 8.40. The van der Waals surface area contributed by atoms with Crippen LogP contribution in [0.25, 0.3) is 0 Å². The Morgan fingerprint density at radius 3 is 2.33 bits per heavy atom. The predicted octanol–water partition coefficient (Wildman–Crippen LogP) is 3.79. The molecule has 0 aliphatic heterocycles. The normalized spacial score (nSPS) is 14.8. The van der Waals surface area contributed by atoms with E-state index in [2.05, 4.69) is 34.6 Å². The number of benzene rings is 1. The van der Waals surface area contributed by atoms with Crippen molar-refractivity contribution in [3.05, 3.63) is 34.9 Å². The van der Waals surface area contributed by atoms with Crippen LogP contribution in [0.3, 0.4) is 0 Å². The van der Waals surface area contributed by atoms with Crippen LogP contribution < -0.4 is 0 Å². The average Bonchev–Trinajstić information content (AvgIpc) is 2.28. The van der Waals surface area contributed by atoms with Crippen LogP contribution in [-0.4, -0.2) is 17.8 Å². The lowest BCUT2D eigenvalue weighted by Gasteiger charge is -2.18. The van der Waals surface area contributed by atoms with E-state index < -0.39 is 6.10 Å². The highest BCUT2D eigenvalue weighted by molar-refractivity contribution is 5.31. The molecule has 2 heteroatoms. The lowest BCUT2D eigenvalue weighted by molar-refractivity contribution is -0.0101. The molecule has 2 atom stereocenters. The van der Waals surface area contributed by atoms with Gasteiger partial charge in [0.05, 0.1) is 12.7 Å². The van der Waals surface area contributed by atoms with Gasteiger partial charge in [0.1, 0.15) is 6.10 Å². The Labute approximate surface area is 111 Å². The van der Waals surface area contributed by atoms with Crippen LogP contribution in [0, 0.1) is 19.8 Å². The second-order valence-corrected chi connectivity index (χ2v) is 5.63. The van der Waals surface area contributed by atoms with Gasteiger partial charge in [0.2, 0.25) is 0 Å². The molecular weight excluding hydrogens is 224 g/mol. The average molecular weight is 250 g/mol. The van der Waals surface area contributed by atoms with Crippen molar-refractivity contribution >= 4 is 0 Å². The van der Waals surface area contributed by atoms with Gasteiger partial charge in [-0.25, -0.2) is 0 Å². The molecule has 1 rings (SSSR count). The number of hydrogen-bond acceptors (Lipinski definition) is 2.